The van der Waals surface area contributed by atoms with Crippen LogP contribution >= 0.6 is 0 Å². The molecule has 1 heterocycles. The molecule has 1 aromatic heterocycles. The molecule has 0 saturated heterocycles. The molecule has 0 N–H and O–H groups in total. The Morgan fingerprint density at radius 3 is 2.93 bits per heavy atom. The van der Waals surface area contributed by atoms with Crippen LogP contribution in [0.15, 0.2) is 0 Å². The molecule has 1 atom stereocenters. The van der Waals surface area contributed by atoms with Crippen molar-refractivity contribution in [2.75, 3.05) is 0 Å². The molecule has 14 heavy (non-hydrogen) atoms. The van der Waals surface area contributed by atoms with Gasteiger partial charge in [0.25, 0.3) is 0 Å². The van der Waals surface area contributed by atoms with Crippen LogP contribution in [0.1, 0.15) is 37.0 Å². The highest BCUT2D eigenvalue weighted by Crippen LogP contribution is 2.36. The van der Waals surface area contributed by atoms with E-state index < -0.39 is 0 Å². The van der Waals surface area contributed by atoms with Gasteiger partial charge in [-0.15, -0.1) is 0 Å². The predicted octanol–water partition coefficient (Wildman–Crippen LogP) is 1.95. The van der Waals surface area contributed by atoms with Crippen molar-refractivity contribution in [1.29, 1.82) is 0 Å². The highest BCUT2D eigenvalue weighted by molar-refractivity contribution is 6.15. The SMILES string of the molecule is [B]C1(C)CCCc2c(nc(C)n2C)C1. The van der Waals surface area contributed by atoms with Crippen molar-refractivity contribution in [3.05, 3.63) is 17.2 Å². The summed E-state index contributed by atoms with van der Waals surface area (Å²) in [6.45, 7) is 4.19. The van der Waals surface area contributed by atoms with Crippen LogP contribution in [0.25, 0.3) is 0 Å². The van der Waals surface area contributed by atoms with Crippen LogP contribution < -0.4 is 0 Å². The summed E-state index contributed by atoms with van der Waals surface area (Å²) in [5, 5.41) is -0.0634. The Bertz CT molecular complexity index is 352. The smallest absolute Gasteiger partial charge is 0.105 e. The van der Waals surface area contributed by atoms with E-state index in [1.165, 1.54) is 17.8 Å². The molecule has 0 spiro atoms. The van der Waals surface area contributed by atoms with Crippen LogP contribution in [0, 0.1) is 6.92 Å². The number of fused-ring (bicyclic) bond motifs is 1. The van der Waals surface area contributed by atoms with Crippen molar-refractivity contribution < 1.29 is 0 Å². The highest BCUT2D eigenvalue weighted by Gasteiger charge is 2.25. The van der Waals surface area contributed by atoms with E-state index in [0.29, 0.717) is 0 Å². The van der Waals surface area contributed by atoms with E-state index in [-0.39, 0.29) is 5.31 Å². The molecule has 0 amide bonds. The lowest BCUT2D eigenvalue weighted by atomic mass is 9.65. The van der Waals surface area contributed by atoms with E-state index in [2.05, 4.69) is 30.4 Å². The third-order valence-corrected chi connectivity index (χ3v) is 3.25. The maximum Gasteiger partial charge on any atom is 0.105 e. The van der Waals surface area contributed by atoms with Crippen molar-refractivity contribution in [1.82, 2.24) is 9.55 Å². The van der Waals surface area contributed by atoms with E-state index in [9.17, 15) is 0 Å². The lowest BCUT2D eigenvalue weighted by Crippen LogP contribution is -2.10. The maximum atomic E-state index is 6.20. The first-order valence-electron chi connectivity index (χ1n) is 5.29. The fourth-order valence-electron chi connectivity index (χ4n) is 2.31. The molecular weight excluding hydrogens is 171 g/mol. The van der Waals surface area contributed by atoms with Gasteiger partial charge in [0.1, 0.15) is 5.82 Å². The third kappa shape index (κ3) is 1.60. The van der Waals surface area contributed by atoms with Gasteiger partial charge >= 0.3 is 0 Å². The number of imidazole rings is 1. The van der Waals surface area contributed by atoms with Gasteiger partial charge in [-0.05, 0) is 26.2 Å². The first-order valence-corrected chi connectivity index (χ1v) is 5.29. The van der Waals surface area contributed by atoms with E-state index >= 15 is 0 Å². The normalized spacial score (nSPS) is 27.1. The van der Waals surface area contributed by atoms with Gasteiger partial charge in [0.05, 0.1) is 13.5 Å². The Kier molecular flexibility index (Phi) is 2.21. The molecule has 0 aromatic carbocycles. The Morgan fingerprint density at radius 2 is 2.21 bits per heavy atom. The Balaban J connectivity index is 2.41. The largest absolute Gasteiger partial charge is 0.335 e. The number of hydrogen-bond donors (Lipinski definition) is 0. The van der Waals surface area contributed by atoms with Gasteiger partial charge < -0.3 is 4.57 Å². The van der Waals surface area contributed by atoms with Gasteiger partial charge in [0.15, 0.2) is 0 Å². The number of aromatic nitrogens is 2. The molecule has 1 aliphatic rings. The second-order valence-electron chi connectivity index (χ2n) is 4.80. The Labute approximate surface area is 87.1 Å². The van der Waals surface area contributed by atoms with E-state index in [1.54, 1.807) is 0 Å². The first-order chi connectivity index (χ1) is 6.49. The van der Waals surface area contributed by atoms with Crippen molar-refractivity contribution in [3.8, 4) is 0 Å². The van der Waals surface area contributed by atoms with Gasteiger partial charge in [0, 0.05) is 12.7 Å². The quantitative estimate of drug-likeness (QED) is 0.449. The summed E-state index contributed by atoms with van der Waals surface area (Å²) in [4.78, 5) is 4.59. The van der Waals surface area contributed by atoms with Crippen molar-refractivity contribution in [3.63, 3.8) is 0 Å². The third-order valence-electron chi connectivity index (χ3n) is 3.25. The molecule has 0 aliphatic heterocycles. The fourth-order valence-corrected chi connectivity index (χ4v) is 2.31. The van der Waals surface area contributed by atoms with Crippen molar-refractivity contribution in [2.24, 2.45) is 7.05 Å². The fraction of sp³-hybridized carbons (Fsp3) is 0.727. The summed E-state index contributed by atoms with van der Waals surface area (Å²) in [7, 11) is 8.30. The second kappa shape index (κ2) is 3.14. The summed E-state index contributed by atoms with van der Waals surface area (Å²) in [6.07, 6.45) is 4.32. The van der Waals surface area contributed by atoms with Crippen molar-refractivity contribution >= 4 is 7.85 Å². The topological polar surface area (TPSA) is 17.8 Å². The molecule has 0 fully saturated rings. The molecule has 1 aliphatic carbocycles. The van der Waals surface area contributed by atoms with Crippen LogP contribution in [0.5, 0.6) is 0 Å². The summed E-state index contributed by atoms with van der Waals surface area (Å²) >= 11 is 0. The standard InChI is InChI=1S/C11H17BN2/c1-8-13-9-7-11(2,12)6-4-5-10(9)14(8)3/h4-7H2,1-3H3. The molecule has 1 unspecified atom stereocenters. The maximum absolute atomic E-state index is 6.20. The minimum atomic E-state index is -0.0634. The summed E-state index contributed by atoms with van der Waals surface area (Å²) < 4.78 is 2.21. The average molecular weight is 188 g/mol. The second-order valence-corrected chi connectivity index (χ2v) is 4.80. The Morgan fingerprint density at radius 1 is 1.50 bits per heavy atom. The summed E-state index contributed by atoms with van der Waals surface area (Å²) in [5.41, 5.74) is 2.60. The lowest BCUT2D eigenvalue weighted by molar-refractivity contribution is 0.544. The molecule has 74 valence electrons. The summed E-state index contributed by atoms with van der Waals surface area (Å²) in [6, 6.07) is 0. The van der Waals surface area contributed by atoms with E-state index in [4.69, 9.17) is 7.85 Å². The first kappa shape index (κ1) is 9.82. The molecule has 2 rings (SSSR count). The van der Waals surface area contributed by atoms with E-state index in [1.807, 2.05) is 0 Å². The number of rotatable bonds is 0. The Hall–Kier alpha value is -0.725. The molecular formula is C11H17BN2. The monoisotopic (exact) mass is 188 g/mol. The molecule has 2 radical (unpaired) electrons. The average Bonchev–Trinajstić information content (AvgIpc) is 2.28. The lowest BCUT2D eigenvalue weighted by Gasteiger charge is -2.21. The van der Waals surface area contributed by atoms with Crippen LogP contribution in [0.3, 0.4) is 0 Å². The minimum Gasteiger partial charge on any atom is -0.335 e. The zero-order valence-electron chi connectivity index (χ0n) is 9.30. The van der Waals surface area contributed by atoms with Gasteiger partial charge in [-0.3, -0.25) is 0 Å². The van der Waals surface area contributed by atoms with Crippen LogP contribution in [0.4, 0.5) is 0 Å². The molecule has 3 heteroatoms. The molecule has 0 bridgehead atoms. The zero-order valence-corrected chi connectivity index (χ0v) is 9.30. The summed E-state index contributed by atoms with van der Waals surface area (Å²) in [5.74, 6) is 1.10. The van der Waals surface area contributed by atoms with Crippen LogP contribution in [0.2, 0.25) is 5.31 Å². The van der Waals surface area contributed by atoms with Crippen LogP contribution in [-0.2, 0) is 19.9 Å². The van der Waals surface area contributed by atoms with E-state index in [0.717, 1.165) is 25.1 Å². The number of aryl methyl sites for hydroxylation is 1. The molecule has 2 nitrogen and oxygen atoms in total. The van der Waals surface area contributed by atoms with Crippen molar-refractivity contribution in [2.45, 2.75) is 44.8 Å². The number of nitrogens with zero attached hydrogens (tertiary/aromatic N) is 2. The number of hydrogen-bond acceptors (Lipinski definition) is 1. The van der Waals surface area contributed by atoms with Crippen LogP contribution in [-0.4, -0.2) is 17.4 Å². The molecule has 0 saturated carbocycles. The minimum absolute atomic E-state index is 0.0634. The van der Waals surface area contributed by atoms with Gasteiger partial charge in [-0.2, -0.15) is 0 Å². The predicted molar refractivity (Wildman–Crippen MR) is 58.7 cm³/mol. The zero-order chi connectivity index (χ0) is 10.3. The molecule has 1 aromatic rings. The van der Waals surface area contributed by atoms with Gasteiger partial charge in [-0.1, -0.05) is 18.7 Å². The highest BCUT2D eigenvalue weighted by atomic mass is 15.1. The van der Waals surface area contributed by atoms with Gasteiger partial charge in [-0.25, -0.2) is 4.98 Å². The van der Waals surface area contributed by atoms with Gasteiger partial charge in [0.2, 0.25) is 0 Å².